The van der Waals surface area contributed by atoms with Gasteiger partial charge in [-0.1, -0.05) is 51.1 Å². The fourth-order valence-corrected chi connectivity index (χ4v) is 4.25. The number of thiazole rings is 1. The summed E-state index contributed by atoms with van der Waals surface area (Å²) in [5, 5.41) is 2.33. The summed E-state index contributed by atoms with van der Waals surface area (Å²) in [5.41, 5.74) is 0.883. The second-order valence-corrected chi connectivity index (χ2v) is 13.4. The van der Waals surface area contributed by atoms with Gasteiger partial charge in [-0.15, -0.1) is 11.3 Å². The highest BCUT2D eigenvalue weighted by Gasteiger charge is 2.41. The van der Waals surface area contributed by atoms with Gasteiger partial charge in [0, 0.05) is 5.38 Å². The minimum atomic E-state index is -2.10. The van der Waals surface area contributed by atoms with Gasteiger partial charge in [-0.25, -0.2) is 4.98 Å². The van der Waals surface area contributed by atoms with Crippen LogP contribution in [-0.2, 0) is 4.43 Å². The van der Waals surface area contributed by atoms with Crippen molar-refractivity contribution >= 4 is 41.4 Å². The van der Waals surface area contributed by atoms with Gasteiger partial charge in [0.25, 0.3) is 0 Å². The molecule has 6 heteroatoms. The third kappa shape index (κ3) is 4.38. The summed E-state index contributed by atoms with van der Waals surface area (Å²) in [6.45, 7) is 10.8. The van der Waals surface area contributed by atoms with Crippen LogP contribution in [0.25, 0.3) is 0 Å². The molecule has 1 atom stereocenters. The molecule has 0 radical (unpaired) electrons. The maximum absolute atomic E-state index is 13.0. The Bertz CT molecular complexity index is 679. The summed E-state index contributed by atoms with van der Waals surface area (Å²) in [7, 11) is -2.10. The molecule has 3 nitrogen and oxygen atoms in total. The maximum atomic E-state index is 13.0. The zero-order valence-electron chi connectivity index (χ0n) is 14.1. The van der Waals surface area contributed by atoms with E-state index in [0.29, 0.717) is 9.61 Å². The van der Waals surface area contributed by atoms with E-state index < -0.39 is 14.4 Å². The molecule has 0 saturated heterocycles. The SMILES string of the molecule is CC(C)(C)[Si](C)(C)O[C@H](C(=O)c1nc(Br)cs1)c1ccccc1. The topological polar surface area (TPSA) is 39.2 Å². The third-order valence-electron chi connectivity index (χ3n) is 4.25. The lowest BCUT2D eigenvalue weighted by molar-refractivity contribution is 0.0766. The van der Waals surface area contributed by atoms with Crippen LogP contribution in [0, 0.1) is 0 Å². The average molecular weight is 412 g/mol. The Kier molecular flexibility index (Phi) is 5.61. The molecule has 1 aromatic carbocycles. The van der Waals surface area contributed by atoms with Gasteiger partial charge < -0.3 is 4.43 Å². The Morgan fingerprint density at radius 3 is 2.35 bits per heavy atom. The predicted molar refractivity (Wildman–Crippen MR) is 102 cm³/mol. The van der Waals surface area contributed by atoms with Crippen LogP contribution in [0.1, 0.15) is 42.2 Å². The normalized spacial score (nSPS) is 13.8. The van der Waals surface area contributed by atoms with Crippen molar-refractivity contribution in [3.05, 3.63) is 50.9 Å². The number of carbonyl (C=O) groups is 1. The lowest BCUT2D eigenvalue weighted by atomic mass is 10.1. The molecule has 0 unspecified atom stereocenters. The molecule has 2 rings (SSSR count). The molecule has 1 heterocycles. The molecule has 23 heavy (non-hydrogen) atoms. The summed E-state index contributed by atoms with van der Waals surface area (Å²) in [4.78, 5) is 17.3. The fraction of sp³-hybridized carbons (Fsp3) is 0.412. The molecule has 0 aliphatic carbocycles. The van der Waals surface area contributed by atoms with Crippen LogP contribution in [0.5, 0.6) is 0 Å². The van der Waals surface area contributed by atoms with Crippen LogP contribution < -0.4 is 0 Å². The molecule has 124 valence electrons. The first kappa shape index (κ1) is 18.5. The van der Waals surface area contributed by atoms with Crippen LogP contribution in [0.2, 0.25) is 18.1 Å². The fourth-order valence-electron chi connectivity index (χ4n) is 1.85. The molecule has 0 amide bonds. The molecule has 0 bridgehead atoms. The molecule has 0 spiro atoms. The molecule has 0 N–H and O–H groups in total. The third-order valence-corrected chi connectivity index (χ3v) is 10.2. The molecule has 0 saturated carbocycles. The van der Waals surface area contributed by atoms with Crippen LogP contribution in [0.4, 0.5) is 0 Å². The van der Waals surface area contributed by atoms with Crippen LogP contribution in [0.15, 0.2) is 40.3 Å². The molecule has 0 aliphatic heterocycles. The zero-order valence-corrected chi connectivity index (χ0v) is 17.5. The smallest absolute Gasteiger partial charge is 0.223 e. The standard InChI is InChI=1S/C17H22BrNO2SSi/c1-17(2,3)23(4,5)21-15(12-9-7-6-8-10-12)14(20)16-19-13(18)11-22-16/h6-11,15H,1-5H3/t15-/m0/s1. The van der Waals surface area contributed by atoms with Gasteiger partial charge in [-0.3, -0.25) is 4.79 Å². The first-order chi connectivity index (χ1) is 10.6. The molecule has 0 aliphatic rings. The number of ketones is 1. The van der Waals surface area contributed by atoms with Gasteiger partial charge in [0.05, 0.1) is 0 Å². The number of benzene rings is 1. The van der Waals surface area contributed by atoms with Crippen molar-refractivity contribution in [2.45, 2.75) is 45.0 Å². The number of halogens is 1. The minimum absolute atomic E-state index is 0.0315. The second-order valence-electron chi connectivity index (χ2n) is 7.01. The Labute approximate surface area is 151 Å². The van der Waals surface area contributed by atoms with Gasteiger partial charge in [0.1, 0.15) is 10.7 Å². The van der Waals surface area contributed by atoms with E-state index in [1.165, 1.54) is 11.3 Å². The van der Waals surface area contributed by atoms with Gasteiger partial charge in [0.15, 0.2) is 13.3 Å². The zero-order chi connectivity index (χ0) is 17.3. The summed E-state index contributed by atoms with van der Waals surface area (Å²) in [5.74, 6) is -0.0725. The number of rotatable bonds is 5. The lowest BCUT2D eigenvalue weighted by Gasteiger charge is -2.38. The van der Waals surface area contributed by atoms with E-state index >= 15 is 0 Å². The highest BCUT2D eigenvalue weighted by Crippen LogP contribution is 2.40. The molecular formula is C17H22BrNO2SSi. The largest absolute Gasteiger partial charge is 0.403 e. The Balaban J connectivity index is 2.39. The molecule has 2 aromatic rings. The van der Waals surface area contributed by atoms with Gasteiger partial charge in [-0.2, -0.15) is 0 Å². The quantitative estimate of drug-likeness (QED) is 0.457. The highest BCUT2D eigenvalue weighted by atomic mass is 79.9. The van der Waals surface area contributed by atoms with E-state index in [9.17, 15) is 4.79 Å². The van der Waals surface area contributed by atoms with Crippen molar-refractivity contribution in [2.75, 3.05) is 0 Å². The molecule has 0 fully saturated rings. The summed E-state index contributed by atoms with van der Waals surface area (Å²) >= 11 is 4.66. The Morgan fingerprint density at radius 2 is 1.87 bits per heavy atom. The van der Waals surface area contributed by atoms with Crippen LogP contribution in [-0.4, -0.2) is 19.1 Å². The number of hydrogen-bond donors (Lipinski definition) is 0. The average Bonchev–Trinajstić information content (AvgIpc) is 2.90. The van der Waals surface area contributed by atoms with Crippen molar-refractivity contribution < 1.29 is 9.22 Å². The van der Waals surface area contributed by atoms with E-state index in [0.717, 1.165) is 5.56 Å². The molecule has 1 aromatic heterocycles. The number of nitrogens with zero attached hydrogens (tertiary/aromatic N) is 1. The van der Waals surface area contributed by atoms with E-state index in [-0.39, 0.29) is 10.8 Å². The first-order valence-corrected chi connectivity index (χ1v) is 12.1. The summed E-state index contributed by atoms with van der Waals surface area (Å²) in [6, 6.07) is 9.69. The maximum Gasteiger partial charge on any atom is 0.223 e. The minimum Gasteiger partial charge on any atom is -0.403 e. The highest BCUT2D eigenvalue weighted by molar-refractivity contribution is 9.10. The Morgan fingerprint density at radius 1 is 1.26 bits per heavy atom. The second kappa shape index (κ2) is 6.97. The first-order valence-electron chi connectivity index (χ1n) is 7.50. The monoisotopic (exact) mass is 411 g/mol. The van der Waals surface area contributed by atoms with Crippen LogP contribution >= 0.6 is 27.3 Å². The summed E-state index contributed by atoms with van der Waals surface area (Å²) < 4.78 is 7.14. The lowest BCUT2D eigenvalue weighted by Crippen LogP contribution is -2.43. The van der Waals surface area contributed by atoms with Crippen molar-refractivity contribution in [3.8, 4) is 0 Å². The van der Waals surface area contributed by atoms with Crippen molar-refractivity contribution in [1.82, 2.24) is 4.98 Å². The van der Waals surface area contributed by atoms with Gasteiger partial charge >= 0.3 is 0 Å². The van der Waals surface area contributed by atoms with Crippen molar-refractivity contribution in [2.24, 2.45) is 0 Å². The van der Waals surface area contributed by atoms with Crippen molar-refractivity contribution in [1.29, 1.82) is 0 Å². The summed E-state index contributed by atoms with van der Waals surface area (Å²) in [6.07, 6.45) is -0.602. The van der Waals surface area contributed by atoms with Gasteiger partial charge in [0.2, 0.25) is 5.78 Å². The van der Waals surface area contributed by atoms with E-state index in [2.05, 4.69) is 54.8 Å². The predicted octanol–water partition coefficient (Wildman–Crippen LogP) is 5.85. The number of aromatic nitrogens is 1. The van der Waals surface area contributed by atoms with Gasteiger partial charge in [-0.05, 0) is 39.6 Å². The van der Waals surface area contributed by atoms with E-state index in [1.807, 2.05) is 35.7 Å². The van der Waals surface area contributed by atoms with Crippen LogP contribution in [0.3, 0.4) is 0 Å². The van der Waals surface area contributed by atoms with Crippen molar-refractivity contribution in [3.63, 3.8) is 0 Å². The van der Waals surface area contributed by atoms with E-state index in [1.54, 1.807) is 0 Å². The molecular weight excluding hydrogens is 390 g/mol. The number of hydrogen-bond acceptors (Lipinski definition) is 4. The van der Waals surface area contributed by atoms with E-state index in [4.69, 9.17) is 4.43 Å². The number of Topliss-reactive ketones (excluding diaryl/α,β-unsaturated/α-hetero) is 1. The number of carbonyl (C=O) groups excluding carboxylic acids is 1. The Hall–Kier alpha value is -0.823.